The lowest BCUT2D eigenvalue weighted by molar-refractivity contribution is 0.353. The van der Waals surface area contributed by atoms with E-state index in [-0.39, 0.29) is 6.01 Å². The Balaban J connectivity index is 2.03. The highest BCUT2D eigenvalue weighted by Crippen LogP contribution is 2.31. The molecule has 1 N–H and O–H groups in total. The van der Waals surface area contributed by atoms with Crippen LogP contribution in [0, 0.1) is 6.92 Å². The van der Waals surface area contributed by atoms with Gasteiger partial charge < -0.3 is 14.8 Å². The number of nitrogens with one attached hydrogen (secondary N) is 1. The van der Waals surface area contributed by atoms with Crippen molar-refractivity contribution in [1.29, 1.82) is 0 Å². The van der Waals surface area contributed by atoms with Crippen molar-refractivity contribution in [2.45, 2.75) is 19.3 Å². The molecule has 0 aromatic carbocycles. The normalized spacial score (nSPS) is 17.5. The Bertz CT molecular complexity index is 671. The molecule has 0 aliphatic carbocycles. The lowest BCUT2D eigenvalue weighted by atomic mass is 9.96. The Hall–Kier alpha value is -2.28. The fourth-order valence-corrected chi connectivity index (χ4v) is 2.71. The second-order valence-corrected chi connectivity index (χ2v) is 5.24. The Morgan fingerprint density at radius 3 is 2.77 bits per heavy atom. The SMILES string of the molecule is COc1ncc(-c2cc(C3CCNC3)c(C)nn2)c(OC)n1. The van der Waals surface area contributed by atoms with E-state index in [9.17, 15) is 0 Å². The van der Waals surface area contributed by atoms with E-state index < -0.39 is 0 Å². The predicted octanol–water partition coefficient (Wildman–Crippen LogP) is 1.34. The minimum absolute atomic E-state index is 0.265. The van der Waals surface area contributed by atoms with Gasteiger partial charge in [-0.2, -0.15) is 10.1 Å². The van der Waals surface area contributed by atoms with E-state index in [4.69, 9.17) is 9.47 Å². The van der Waals surface area contributed by atoms with Crippen LogP contribution in [0.15, 0.2) is 12.3 Å². The molecule has 1 unspecified atom stereocenters. The number of hydrogen-bond donors (Lipinski definition) is 1. The van der Waals surface area contributed by atoms with Crippen LogP contribution < -0.4 is 14.8 Å². The Labute approximate surface area is 129 Å². The number of rotatable bonds is 4. The third kappa shape index (κ3) is 2.71. The van der Waals surface area contributed by atoms with Crippen molar-refractivity contribution in [2.24, 2.45) is 0 Å². The maximum Gasteiger partial charge on any atom is 0.319 e. The molecule has 0 saturated carbocycles. The number of aromatic nitrogens is 4. The minimum atomic E-state index is 0.265. The largest absolute Gasteiger partial charge is 0.480 e. The molecule has 1 atom stereocenters. The van der Waals surface area contributed by atoms with Crippen LogP contribution in [0.25, 0.3) is 11.3 Å². The number of aryl methyl sites for hydroxylation is 1. The molecule has 0 radical (unpaired) electrons. The molecule has 0 bridgehead atoms. The van der Waals surface area contributed by atoms with Gasteiger partial charge in [0, 0.05) is 12.7 Å². The summed E-state index contributed by atoms with van der Waals surface area (Å²) in [7, 11) is 3.08. The first-order valence-electron chi connectivity index (χ1n) is 7.23. The van der Waals surface area contributed by atoms with Crippen LogP contribution in [0.3, 0.4) is 0 Å². The zero-order valence-electron chi connectivity index (χ0n) is 13.0. The summed E-state index contributed by atoms with van der Waals surface area (Å²) in [5.74, 6) is 0.903. The molecule has 1 aliphatic rings. The fourth-order valence-electron chi connectivity index (χ4n) is 2.71. The van der Waals surface area contributed by atoms with Gasteiger partial charge in [0.2, 0.25) is 5.88 Å². The number of hydrogen-bond acceptors (Lipinski definition) is 7. The highest BCUT2D eigenvalue weighted by atomic mass is 16.5. The van der Waals surface area contributed by atoms with Gasteiger partial charge >= 0.3 is 6.01 Å². The third-order valence-corrected chi connectivity index (χ3v) is 3.90. The number of ether oxygens (including phenoxy) is 2. The van der Waals surface area contributed by atoms with Crippen LogP contribution in [0.1, 0.15) is 23.6 Å². The first kappa shape index (κ1) is 14.6. The quantitative estimate of drug-likeness (QED) is 0.912. The van der Waals surface area contributed by atoms with Crippen molar-refractivity contribution >= 4 is 0 Å². The topological polar surface area (TPSA) is 82.0 Å². The smallest absolute Gasteiger partial charge is 0.319 e. The zero-order valence-corrected chi connectivity index (χ0v) is 13.0. The van der Waals surface area contributed by atoms with E-state index in [1.807, 2.05) is 6.92 Å². The lowest BCUT2D eigenvalue weighted by Crippen LogP contribution is -2.10. The highest BCUT2D eigenvalue weighted by Gasteiger charge is 2.21. The molecule has 0 spiro atoms. The lowest BCUT2D eigenvalue weighted by Gasteiger charge is -2.13. The first-order valence-corrected chi connectivity index (χ1v) is 7.23. The standard InChI is InChI=1S/C15H19N5O2/c1-9-11(10-4-5-16-7-10)6-13(20-19-9)12-8-17-15(22-3)18-14(12)21-2/h6,8,10,16H,4-5,7H2,1-3H3. The Morgan fingerprint density at radius 1 is 1.23 bits per heavy atom. The van der Waals surface area contributed by atoms with Crippen molar-refractivity contribution in [2.75, 3.05) is 27.3 Å². The summed E-state index contributed by atoms with van der Waals surface area (Å²) < 4.78 is 10.4. The van der Waals surface area contributed by atoms with Crippen LogP contribution in [0.5, 0.6) is 11.9 Å². The molecule has 7 heteroatoms. The maximum absolute atomic E-state index is 5.33. The summed E-state index contributed by atoms with van der Waals surface area (Å²) in [6, 6.07) is 2.33. The van der Waals surface area contributed by atoms with Gasteiger partial charge in [0.15, 0.2) is 0 Å². The molecule has 1 fully saturated rings. The van der Waals surface area contributed by atoms with Gasteiger partial charge in [-0.15, -0.1) is 5.10 Å². The van der Waals surface area contributed by atoms with Crippen LogP contribution in [0.2, 0.25) is 0 Å². The number of nitrogens with zero attached hydrogens (tertiary/aromatic N) is 4. The van der Waals surface area contributed by atoms with E-state index in [0.29, 0.717) is 23.1 Å². The van der Waals surface area contributed by atoms with Gasteiger partial charge in [0.1, 0.15) is 5.69 Å². The molecule has 7 nitrogen and oxygen atoms in total. The van der Waals surface area contributed by atoms with Gasteiger partial charge in [0.05, 0.1) is 25.5 Å². The molecule has 116 valence electrons. The molecule has 0 amide bonds. The summed E-state index contributed by atoms with van der Waals surface area (Å²) in [5, 5.41) is 12.0. The van der Waals surface area contributed by atoms with Gasteiger partial charge in [0.25, 0.3) is 0 Å². The van der Waals surface area contributed by atoms with Crippen LogP contribution >= 0.6 is 0 Å². The third-order valence-electron chi connectivity index (χ3n) is 3.90. The average Bonchev–Trinajstić information content (AvgIpc) is 3.09. The molecule has 1 aliphatic heterocycles. The minimum Gasteiger partial charge on any atom is -0.480 e. The average molecular weight is 301 g/mol. The van der Waals surface area contributed by atoms with Crippen molar-refractivity contribution in [3.63, 3.8) is 0 Å². The summed E-state index contributed by atoms with van der Waals surface area (Å²) in [4.78, 5) is 8.34. The van der Waals surface area contributed by atoms with Crippen LogP contribution in [-0.4, -0.2) is 47.5 Å². The summed E-state index contributed by atoms with van der Waals surface area (Å²) in [6.45, 7) is 4.01. The second kappa shape index (κ2) is 6.23. The molecular formula is C15H19N5O2. The van der Waals surface area contributed by atoms with Crippen LogP contribution in [0.4, 0.5) is 0 Å². The monoisotopic (exact) mass is 301 g/mol. The summed E-state index contributed by atoms with van der Waals surface area (Å²) in [5.41, 5.74) is 3.61. The molecule has 22 heavy (non-hydrogen) atoms. The molecule has 3 heterocycles. The second-order valence-electron chi connectivity index (χ2n) is 5.24. The van der Waals surface area contributed by atoms with E-state index in [1.165, 1.54) is 12.7 Å². The molecular weight excluding hydrogens is 282 g/mol. The highest BCUT2D eigenvalue weighted by molar-refractivity contribution is 5.64. The molecule has 3 rings (SSSR count). The maximum atomic E-state index is 5.33. The van der Waals surface area contributed by atoms with E-state index >= 15 is 0 Å². The summed E-state index contributed by atoms with van der Waals surface area (Å²) in [6.07, 6.45) is 2.77. The van der Waals surface area contributed by atoms with Gasteiger partial charge in [-0.05, 0) is 37.4 Å². The fraction of sp³-hybridized carbons (Fsp3) is 0.467. The van der Waals surface area contributed by atoms with Crippen molar-refractivity contribution < 1.29 is 9.47 Å². The van der Waals surface area contributed by atoms with Gasteiger partial charge in [-0.3, -0.25) is 0 Å². The Morgan fingerprint density at radius 2 is 2.09 bits per heavy atom. The summed E-state index contributed by atoms with van der Waals surface area (Å²) >= 11 is 0. The predicted molar refractivity (Wildman–Crippen MR) is 81.1 cm³/mol. The molecule has 2 aromatic heterocycles. The van der Waals surface area contributed by atoms with E-state index in [1.54, 1.807) is 13.3 Å². The van der Waals surface area contributed by atoms with Crippen molar-refractivity contribution in [1.82, 2.24) is 25.5 Å². The van der Waals surface area contributed by atoms with Gasteiger partial charge in [-0.25, -0.2) is 4.98 Å². The first-order chi connectivity index (χ1) is 10.7. The number of methoxy groups -OCH3 is 2. The van der Waals surface area contributed by atoms with E-state index in [0.717, 1.165) is 25.2 Å². The zero-order chi connectivity index (χ0) is 15.5. The Kier molecular flexibility index (Phi) is 4.15. The van der Waals surface area contributed by atoms with Crippen molar-refractivity contribution in [3.05, 3.63) is 23.5 Å². The van der Waals surface area contributed by atoms with Crippen LogP contribution in [-0.2, 0) is 0 Å². The molecule has 1 saturated heterocycles. The van der Waals surface area contributed by atoms with Gasteiger partial charge in [-0.1, -0.05) is 0 Å². The van der Waals surface area contributed by atoms with E-state index in [2.05, 4.69) is 31.5 Å². The van der Waals surface area contributed by atoms with Crippen molar-refractivity contribution in [3.8, 4) is 23.1 Å². The molecule has 2 aromatic rings.